The number of carbonyl (C=O) groups is 1. The molecule has 1 aromatic rings. The van der Waals surface area contributed by atoms with Crippen molar-refractivity contribution in [1.29, 1.82) is 0 Å². The number of carbonyl (C=O) groups excluding carboxylic acids is 1. The first-order chi connectivity index (χ1) is 9.48. The molecule has 0 aromatic heterocycles. The lowest BCUT2D eigenvalue weighted by atomic mass is 10.1. The normalized spacial score (nSPS) is 20.6. The Hall–Kier alpha value is -0.920. The van der Waals surface area contributed by atoms with Crippen LogP contribution in [0.3, 0.4) is 0 Å². The molecule has 0 radical (unpaired) electrons. The number of sulfonamides is 1. The van der Waals surface area contributed by atoms with Crippen LogP contribution in [0.2, 0.25) is 0 Å². The van der Waals surface area contributed by atoms with E-state index < -0.39 is 22.0 Å². The maximum Gasteiger partial charge on any atom is 0.324 e. The minimum atomic E-state index is -3.71. The minimum absolute atomic E-state index is 0.177. The molecule has 1 saturated heterocycles. The van der Waals surface area contributed by atoms with Gasteiger partial charge in [0.2, 0.25) is 10.0 Å². The van der Waals surface area contributed by atoms with Crippen molar-refractivity contribution in [2.45, 2.75) is 30.2 Å². The summed E-state index contributed by atoms with van der Waals surface area (Å²) in [5.41, 5.74) is 0. The number of nitrogens with zero attached hydrogens (tertiary/aromatic N) is 1. The molecule has 1 atom stereocenters. The van der Waals surface area contributed by atoms with E-state index in [1.807, 2.05) is 0 Å². The van der Waals surface area contributed by atoms with Gasteiger partial charge in [0.1, 0.15) is 6.04 Å². The fraction of sp³-hybridized carbons (Fsp3) is 0.462. The van der Waals surface area contributed by atoms with E-state index in [2.05, 4.69) is 15.9 Å². The first kappa shape index (κ1) is 15.5. The monoisotopic (exact) mass is 361 g/mol. The molecule has 0 aliphatic carbocycles. The second kappa shape index (κ2) is 6.24. The van der Waals surface area contributed by atoms with Crippen LogP contribution in [0.5, 0.6) is 0 Å². The Morgan fingerprint density at radius 2 is 2.05 bits per heavy atom. The lowest BCUT2D eigenvalue weighted by molar-refractivity contribution is -0.146. The third kappa shape index (κ3) is 2.89. The van der Waals surface area contributed by atoms with Crippen molar-refractivity contribution in [1.82, 2.24) is 4.31 Å². The maximum absolute atomic E-state index is 12.7. The topological polar surface area (TPSA) is 63.7 Å². The Labute approximate surface area is 127 Å². The van der Waals surface area contributed by atoms with Crippen LogP contribution in [0.1, 0.15) is 19.3 Å². The Bertz CT molecular complexity index is 602. The van der Waals surface area contributed by atoms with Gasteiger partial charge in [-0.1, -0.05) is 12.1 Å². The molecule has 0 bridgehead atoms. The molecule has 1 heterocycles. The zero-order valence-electron chi connectivity index (χ0n) is 11.1. The smallest absolute Gasteiger partial charge is 0.324 e. The summed E-state index contributed by atoms with van der Waals surface area (Å²) in [5, 5.41) is 0. The van der Waals surface area contributed by atoms with Gasteiger partial charge in [-0.25, -0.2) is 8.42 Å². The molecule has 1 fully saturated rings. The van der Waals surface area contributed by atoms with Gasteiger partial charge in [0.05, 0.1) is 12.0 Å². The second-order valence-electron chi connectivity index (χ2n) is 4.58. The molecule has 0 amide bonds. The molecule has 20 heavy (non-hydrogen) atoms. The Kier molecular flexibility index (Phi) is 4.82. The highest BCUT2D eigenvalue weighted by Crippen LogP contribution is 2.29. The van der Waals surface area contributed by atoms with E-state index in [1.54, 1.807) is 18.2 Å². The largest absolute Gasteiger partial charge is 0.468 e. The SMILES string of the molecule is COC(=O)C1CCCCN1S(=O)(=O)c1ccccc1Br. The molecular weight excluding hydrogens is 346 g/mol. The predicted molar refractivity (Wildman–Crippen MR) is 77.7 cm³/mol. The lowest BCUT2D eigenvalue weighted by Gasteiger charge is -2.32. The molecule has 2 rings (SSSR count). The highest BCUT2D eigenvalue weighted by atomic mass is 79.9. The van der Waals surface area contributed by atoms with E-state index in [9.17, 15) is 13.2 Å². The van der Waals surface area contributed by atoms with Gasteiger partial charge in [-0.05, 0) is 47.3 Å². The summed E-state index contributed by atoms with van der Waals surface area (Å²) in [6.07, 6.45) is 2.06. The molecule has 1 aliphatic rings. The summed E-state index contributed by atoms with van der Waals surface area (Å²) in [4.78, 5) is 12.0. The summed E-state index contributed by atoms with van der Waals surface area (Å²) in [5.74, 6) is -0.500. The van der Waals surface area contributed by atoms with E-state index in [-0.39, 0.29) is 4.90 Å². The molecule has 5 nitrogen and oxygen atoms in total. The summed E-state index contributed by atoms with van der Waals surface area (Å²) >= 11 is 3.25. The third-order valence-corrected chi connectivity index (χ3v) is 6.27. The van der Waals surface area contributed by atoms with Gasteiger partial charge in [-0.3, -0.25) is 4.79 Å². The number of piperidine rings is 1. The molecule has 1 aromatic carbocycles. The van der Waals surface area contributed by atoms with Gasteiger partial charge in [0, 0.05) is 11.0 Å². The van der Waals surface area contributed by atoms with Crippen LogP contribution in [0.25, 0.3) is 0 Å². The summed E-state index contributed by atoms with van der Waals surface area (Å²) in [7, 11) is -2.43. The highest BCUT2D eigenvalue weighted by Gasteiger charge is 2.38. The standard InChI is InChI=1S/C13H16BrNO4S/c1-19-13(16)11-7-4-5-9-15(11)20(17,18)12-8-3-2-6-10(12)14/h2-3,6,8,11H,4-5,7,9H2,1H3. The second-order valence-corrected chi connectivity index (χ2v) is 7.29. The zero-order chi connectivity index (χ0) is 14.8. The molecule has 0 spiro atoms. The van der Waals surface area contributed by atoms with Gasteiger partial charge in [-0.2, -0.15) is 4.31 Å². The Balaban J connectivity index is 2.41. The molecule has 7 heteroatoms. The molecule has 0 N–H and O–H groups in total. The minimum Gasteiger partial charge on any atom is -0.468 e. The maximum atomic E-state index is 12.7. The van der Waals surface area contributed by atoms with Crippen LogP contribution < -0.4 is 0 Å². The first-order valence-electron chi connectivity index (χ1n) is 6.32. The fourth-order valence-corrected chi connectivity index (χ4v) is 4.96. The number of benzene rings is 1. The number of hydrogen-bond acceptors (Lipinski definition) is 4. The quantitative estimate of drug-likeness (QED) is 0.773. The number of methoxy groups -OCH3 is 1. The average Bonchev–Trinajstić information content (AvgIpc) is 2.46. The summed E-state index contributed by atoms with van der Waals surface area (Å²) < 4.78 is 31.9. The first-order valence-corrected chi connectivity index (χ1v) is 8.56. The van der Waals surface area contributed by atoms with Crippen LogP contribution in [-0.2, 0) is 19.6 Å². The molecular formula is C13H16BrNO4S. The summed E-state index contributed by atoms with van der Waals surface area (Å²) in [6.45, 7) is 0.337. The highest BCUT2D eigenvalue weighted by molar-refractivity contribution is 9.10. The van der Waals surface area contributed by atoms with Gasteiger partial charge < -0.3 is 4.74 Å². The van der Waals surface area contributed by atoms with Gasteiger partial charge >= 0.3 is 5.97 Å². The van der Waals surface area contributed by atoms with Crippen molar-refractivity contribution >= 4 is 31.9 Å². The Morgan fingerprint density at radius 1 is 1.35 bits per heavy atom. The summed E-state index contributed by atoms with van der Waals surface area (Å²) in [6, 6.07) is 5.88. The molecule has 1 unspecified atom stereocenters. The molecule has 110 valence electrons. The van der Waals surface area contributed by atoms with Gasteiger partial charge in [0.25, 0.3) is 0 Å². The van der Waals surface area contributed by atoms with Crippen LogP contribution in [-0.4, -0.2) is 38.4 Å². The number of ether oxygens (including phenoxy) is 1. The third-order valence-electron chi connectivity index (χ3n) is 3.35. The van der Waals surface area contributed by atoms with Crippen molar-refractivity contribution < 1.29 is 17.9 Å². The number of halogens is 1. The van der Waals surface area contributed by atoms with Gasteiger partial charge in [0.15, 0.2) is 0 Å². The van der Waals surface area contributed by atoms with E-state index in [0.29, 0.717) is 17.4 Å². The van der Waals surface area contributed by atoms with Crippen molar-refractivity contribution in [3.8, 4) is 0 Å². The van der Waals surface area contributed by atoms with Crippen LogP contribution in [0.4, 0.5) is 0 Å². The van der Waals surface area contributed by atoms with Gasteiger partial charge in [-0.15, -0.1) is 0 Å². The van der Waals surface area contributed by atoms with E-state index in [1.165, 1.54) is 17.5 Å². The zero-order valence-corrected chi connectivity index (χ0v) is 13.5. The van der Waals surface area contributed by atoms with Crippen molar-refractivity contribution in [3.63, 3.8) is 0 Å². The van der Waals surface area contributed by atoms with Crippen molar-refractivity contribution in [2.75, 3.05) is 13.7 Å². The number of esters is 1. The predicted octanol–water partition coefficient (Wildman–Crippen LogP) is 2.17. The number of rotatable bonds is 3. The van der Waals surface area contributed by atoms with E-state index in [4.69, 9.17) is 4.74 Å². The van der Waals surface area contributed by atoms with E-state index >= 15 is 0 Å². The van der Waals surface area contributed by atoms with Crippen LogP contribution >= 0.6 is 15.9 Å². The number of hydrogen-bond donors (Lipinski definition) is 0. The fourth-order valence-electron chi connectivity index (χ4n) is 2.34. The average molecular weight is 362 g/mol. The van der Waals surface area contributed by atoms with Crippen molar-refractivity contribution in [2.24, 2.45) is 0 Å². The van der Waals surface area contributed by atoms with Crippen molar-refractivity contribution in [3.05, 3.63) is 28.7 Å². The molecule has 0 saturated carbocycles. The van der Waals surface area contributed by atoms with Crippen LogP contribution in [0.15, 0.2) is 33.6 Å². The van der Waals surface area contributed by atoms with E-state index in [0.717, 1.165) is 12.8 Å². The lowest BCUT2D eigenvalue weighted by Crippen LogP contribution is -2.48. The molecule has 1 aliphatic heterocycles. The Morgan fingerprint density at radius 3 is 2.70 bits per heavy atom. The van der Waals surface area contributed by atoms with Crippen LogP contribution in [0, 0.1) is 0 Å².